The van der Waals surface area contributed by atoms with Gasteiger partial charge in [-0.05, 0) is 35.7 Å². The molecule has 0 aliphatic heterocycles. The number of para-hydroxylation sites is 1. The predicted octanol–water partition coefficient (Wildman–Crippen LogP) is 6.53. The van der Waals surface area contributed by atoms with Gasteiger partial charge < -0.3 is 10.3 Å². The fraction of sp³-hybridized carbons (Fsp3) is 0.129. The zero-order valence-electron chi connectivity index (χ0n) is 20.3. The lowest BCUT2D eigenvalue weighted by atomic mass is 9.77. The molecule has 0 aliphatic rings. The molecule has 0 bridgehead atoms. The zero-order chi connectivity index (χ0) is 24.8. The Balaban J connectivity index is 1.50. The van der Waals surface area contributed by atoms with Crippen LogP contribution in [0.25, 0.3) is 0 Å². The molecule has 1 heterocycles. The molecular formula is C31H30N4S. The van der Waals surface area contributed by atoms with E-state index in [-0.39, 0.29) is 5.37 Å². The molecule has 0 saturated heterocycles. The first-order valence-corrected chi connectivity index (χ1v) is 13.0. The molecule has 1 unspecified atom stereocenters. The summed E-state index contributed by atoms with van der Waals surface area (Å²) in [4.78, 5) is 5.90. The molecule has 1 aromatic heterocycles. The van der Waals surface area contributed by atoms with Gasteiger partial charge in [0.25, 0.3) is 0 Å². The number of thioether (sulfide) groups is 1. The van der Waals surface area contributed by atoms with Crippen molar-refractivity contribution in [2.24, 2.45) is 0 Å². The molecule has 4 aromatic carbocycles. The van der Waals surface area contributed by atoms with Crippen LogP contribution in [0.1, 0.15) is 29.3 Å². The minimum atomic E-state index is -0.548. The van der Waals surface area contributed by atoms with Crippen molar-refractivity contribution in [3.63, 3.8) is 0 Å². The van der Waals surface area contributed by atoms with E-state index >= 15 is 0 Å². The molecule has 5 heteroatoms. The van der Waals surface area contributed by atoms with Gasteiger partial charge in [-0.15, -0.1) is 11.8 Å². The summed E-state index contributed by atoms with van der Waals surface area (Å²) in [5.41, 5.74) is 10.9. The van der Waals surface area contributed by atoms with E-state index in [1.54, 1.807) is 11.8 Å². The van der Waals surface area contributed by atoms with E-state index in [9.17, 15) is 0 Å². The number of anilines is 1. The number of benzene rings is 4. The first-order valence-electron chi connectivity index (χ1n) is 12.1. The molecule has 1 atom stereocenters. The third-order valence-electron chi connectivity index (χ3n) is 6.39. The van der Waals surface area contributed by atoms with Crippen LogP contribution < -0.4 is 11.1 Å². The Morgan fingerprint density at radius 1 is 0.778 bits per heavy atom. The maximum Gasteiger partial charge on any atom is 0.121 e. The second kappa shape index (κ2) is 10.9. The van der Waals surface area contributed by atoms with Gasteiger partial charge in [0.2, 0.25) is 0 Å². The Morgan fingerprint density at radius 2 is 1.28 bits per heavy atom. The van der Waals surface area contributed by atoms with Gasteiger partial charge in [0.05, 0.1) is 17.4 Å². The fourth-order valence-corrected chi connectivity index (χ4v) is 5.60. The number of aromatic nitrogens is 2. The second-order valence-corrected chi connectivity index (χ2v) is 10.1. The lowest BCUT2D eigenvalue weighted by Crippen LogP contribution is -2.37. The summed E-state index contributed by atoms with van der Waals surface area (Å²) >= 11 is 1.72. The molecule has 36 heavy (non-hydrogen) atoms. The highest BCUT2D eigenvalue weighted by Gasteiger charge is 2.38. The summed E-state index contributed by atoms with van der Waals surface area (Å²) in [6, 6.07) is 39.9. The number of nitrogens with one attached hydrogen (secondary N) is 1. The number of nitrogen functional groups attached to an aromatic ring is 1. The van der Waals surface area contributed by atoms with Gasteiger partial charge in [-0.1, -0.05) is 103 Å². The molecular weight excluding hydrogens is 460 g/mol. The Kier molecular flexibility index (Phi) is 7.21. The van der Waals surface area contributed by atoms with Crippen molar-refractivity contribution < 1.29 is 0 Å². The normalized spacial score (nSPS) is 12.4. The fourth-order valence-electron chi connectivity index (χ4n) is 4.69. The van der Waals surface area contributed by atoms with E-state index in [1.165, 1.54) is 16.7 Å². The molecule has 5 rings (SSSR count). The number of nitrogens with zero attached hydrogens (tertiary/aromatic N) is 2. The number of nitrogens with two attached hydrogens (primary N) is 1. The number of imidazole rings is 1. The van der Waals surface area contributed by atoms with Crippen molar-refractivity contribution in [2.75, 3.05) is 5.73 Å². The van der Waals surface area contributed by atoms with Crippen LogP contribution in [0.4, 0.5) is 5.69 Å². The summed E-state index contributed by atoms with van der Waals surface area (Å²) in [6.45, 7) is 2.80. The van der Waals surface area contributed by atoms with Crippen LogP contribution in [0.15, 0.2) is 133 Å². The maximum atomic E-state index is 6.13. The molecule has 0 spiro atoms. The van der Waals surface area contributed by atoms with E-state index in [4.69, 9.17) is 10.7 Å². The predicted molar refractivity (Wildman–Crippen MR) is 150 cm³/mol. The second-order valence-electron chi connectivity index (χ2n) is 8.76. The molecule has 3 N–H and O–H groups in total. The van der Waals surface area contributed by atoms with E-state index in [1.807, 2.05) is 24.5 Å². The Hall–Kier alpha value is -3.80. The topological polar surface area (TPSA) is 55.9 Å². The average Bonchev–Trinajstić information content (AvgIpc) is 3.40. The minimum Gasteiger partial charge on any atom is -0.398 e. The maximum absolute atomic E-state index is 6.13. The molecule has 5 aromatic rings. The molecule has 0 fully saturated rings. The summed E-state index contributed by atoms with van der Waals surface area (Å²) in [7, 11) is 0. The number of hydrogen-bond donors (Lipinski definition) is 2. The van der Waals surface area contributed by atoms with Crippen molar-refractivity contribution in [2.45, 2.75) is 29.3 Å². The van der Waals surface area contributed by atoms with Crippen LogP contribution in [-0.2, 0) is 12.1 Å². The average molecular weight is 491 g/mol. The van der Waals surface area contributed by atoms with Crippen LogP contribution in [0.3, 0.4) is 0 Å². The summed E-state index contributed by atoms with van der Waals surface area (Å²) in [5.74, 6) is 0. The lowest BCUT2D eigenvalue weighted by Gasteiger charge is -2.37. The molecule has 180 valence electrons. The van der Waals surface area contributed by atoms with E-state index in [0.29, 0.717) is 6.54 Å². The van der Waals surface area contributed by atoms with Crippen LogP contribution in [0.5, 0.6) is 0 Å². The smallest absolute Gasteiger partial charge is 0.121 e. The number of rotatable bonds is 9. The molecule has 0 aliphatic carbocycles. The minimum absolute atomic E-state index is 0.182. The monoisotopic (exact) mass is 490 g/mol. The number of hydrogen-bond acceptors (Lipinski definition) is 4. The zero-order valence-corrected chi connectivity index (χ0v) is 21.1. The Bertz CT molecular complexity index is 1290. The van der Waals surface area contributed by atoms with Crippen molar-refractivity contribution >= 4 is 17.4 Å². The summed E-state index contributed by atoms with van der Waals surface area (Å²) in [6.07, 6.45) is 4.12. The molecule has 0 saturated carbocycles. The van der Waals surface area contributed by atoms with Crippen molar-refractivity contribution in [3.8, 4) is 0 Å². The van der Waals surface area contributed by atoms with Crippen LogP contribution in [0.2, 0.25) is 0 Å². The van der Waals surface area contributed by atoms with E-state index in [2.05, 4.69) is 120 Å². The standard InChI is InChI=1S/C31H30N4S/c1-24(36-30-20-12-11-19-29(30)32)33-21-28-22-35(23-34-28)31(25-13-5-2-6-14-25,26-15-7-3-8-16-26)27-17-9-4-10-18-27/h2-20,22-24,33H,21,32H2,1H3. The van der Waals surface area contributed by atoms with Gasteiger partial charge in [-0.2, -0.15) is 0 Å². The van der Waals surface area contributed by atoms with Crippen LogP contribution >= 0.6 is 11.8 Å². The van der Waals surface area contributed by atoms with Gasteiger partial charge in [0.15, 0.2) is 0 Å². The highest BCUT2D eigenvalue weighted by atomic mass is 32.2. The van der Waals surface area contributed by atoms with Gasteiger partial charge >= 0.3 is 0 Å². The molecule has 0 radical (unpaired) electrons. The van der Waals surface area contributed by atoms with Crippen molar-refractivity contribution in [3.05, 3.63) is 150 Å². The highest BCUT2D eigenvalue weighted by Crippen LogP contribution is 2.40. The third kappa shape index (κ3) is 4.81. The largest absolute Gasteiger partial charge is 0.398 e. The third-order valence-corrected chi connectivity index (χ3v) is 7.54. The van der Waals surface area contributed by atoms with E-state index in [0.717, 1.165) is 16.3 Å². The van der Waals surface area contributed by atoms with Gasteiger partial charge in [0, 0.05) is 23.3 Å². The summed E-state index contributed by atoms with van der Waals surface area (Å²) < 4.78 is 2.25. The first kappa shape index (κ1) is 23.9. The van der Waals surface area contributed by atoms with Gasteiger partial charge in [0.1, 0.15) is 5.54 Å². The lowest BCUT2D eigenvalue weighted by molar-refractivity contribution is 0.513. The highest BCUT2D eigenvalue weighted by molar-refractivity contribution is 8.00. The first-order chi connectivity index (χ1) is 17.7. The van der Waals surface area contributed by atoms with Crippen molar-refractivity contribution in [1.29, 1.82) is 0 Å². The van der Waals surface area contributed by atoms with E-state index < -0.39 is 5.54 Å². The van der Waals surface area contributed by atoms with Gasteiger partial charge in [-0.25, -0.2) is 4.98 Å². The summed E-state index contributed by atoms with van der Waals surface area (Å²) in [5, 5.41) is 3.77. The van der Waals surface area contributed by atoms with Crippen molar-refractivity contribution in [1.82, 2.24) is 14.9 Å². The molecule has 4 nitrogen and oxygen atoms in total. The SMILES string of the molecule is CC(NCc1cn(C(c2ccccc2)(c2ccccc2)c2ccccc2)cn1)Sc1ccccc1N. The Morgan fingerprint density at radius 3 is 1.81 bits per heavy atom. The Labute approximate surface area is 217 Å². The van der Waals surface area contributed by atoms with Gasteiger partial charge in [-0.3, -0.25) is 5.32 Å². The quantitative estimate of drug-likeness (QED) is 0.107. The van der Waals surface area contributed by atoms with Crippen LogP contribution in [-0.4, -0.2) is 14.9 Å². The van der Waals surface area contributed by atoms with Crippen LogP contribution in [0, 0.1) is 0 Å². The molecule has 0 amide bonds.